The molecule has 3 rings (SSSR count). The zero-order chi connectivity index (χ0) is 20.5. The monoisotopic (exact) mass is 398 g/mol. The molecule has 1 fully saturated rings. The summed E-state index contributed by atoms with van der Waals surface area (Å²) in [6.07, 6.45) is -3.52. The largest absolute Gasteiger partial charge is 0.480 e. The predicted molar refractivity (Wildman–Crippen MR) is 94.6 cm³/mol. The smallest absolute Gasteiger partial charge is 0.449 e. The molecule has 28 heavy (non-hydrogen) atoms. The number of carbonyl (C=O) groups is 2. The highest BCUT2D eigenvalue weighted by atomic mass is 19.4. The van der Waals surface area contributed by atoms with Gasteiger partial charge in [-0.15, -0.1) is 0 Å². The van der Waals surface area contributed by atoms with Crippen molar-refractivity contribution in [1.29, 1.82) is 0 Å². The van der Waals surface area contributed by atoms with Crippen LogP contribution in [-0.2, 0) is 22.3 Å². The van der Waals surface area contributed by atoms with Crippen LogP contribution in [0.3, 0.4) is 0 Å². The number of hydrogen-bond donors (Lipinski definition) is 2. The number of aromatic nitrogens is 2. The summed E-state index contributed by atoms with van der Waals surface area (Å²) in [5.41, 5.74) is 0.425. The zero-order valence-corrected chi connectivity index (χ0v) is 15.2. The van der Waals surface area contributed by atoms with E-state index in [1.807, 2.05) is 6.92 Å². The molecular weight excluding hydrogens is 377 g/mol. The summed E-state index contributed by atoms with van der Waals surface area (Å²) in [4.78, 5) is 28.6. The summed E-state index contributed by atoms with van der Waals surface area (Å²) in [7, 11) is 0. The maximum Gasteiger partial charge on any atom is 0.449 e. The third-order valence-corrected chi connectivity index (χ3v) is 4.95. The second-order valence-corrected chi connectivity index (χ2v) is 6.85. The number of rotatable bonds is 7. The third kappa shape index (κ3) is 4.27. The number of likely N-dealkylation sites (N-methyl/N-ethyl adjacent to an activating group) is 1. The molecule has 1 aromatic carbocycles. The Morgan fingerprint density at radius 2 is 2.00 bits per heavy atom. The van der Waals surface area contributed by atoms with Crippen LogP contribution in [0.4, 0.5) is 13.2 Å². The van der Waals surface area contributed by atoms with Crippen molar-refractivity contribution < 1.29 is 27.9 Å². The number of para-hydroxylation sites is 2. The van der Waals surface area contributed by atoms with Gasteiger partial charge in [0.2, 0.25) is 11.7 Å². The minimum absolute atomic E-state index is 0.0474. The highest BCUT2D eigenvalue weighted by Crippen LogP contribution is 2.31. The molecule has 0 bridgehead atoms. The fourth-order valence-corrected chi connectivity index (χ4v) is 3.55. The van der Waals surface area contributed by atoms with E-state index in [1.54, 1.807) is 17.0 Å². The van der Waals surface area contributed by atoms with E-state index in [9.17, 15) is 22.8 Å². The molecule has 0 aliphatic heterocycles. The van der Waals surface area contributed by atoms with Gasteiger partial charge >= 0.3 is 12.1 Å². The van der Waals surface area contributed by atoms with Gasteiger partial charge < -0.3 is 15.0 Å². The van der Waals surface area contributed by atoms with E-state index in [2.05, 4.69) is 10.3 Å². The molecule has 0 radical (unpaired) electrons. The van der Waals surface area contributed by atoms with Gasteiger partial charge in [-0.1, -0.05) is 19.1 Å². The Hall–Kier alpha value is -2.62. The number of imidazole rings is 1. The molecule has 2 aromatic rings. The molecule has 0 unspecified atom stereocenters. The SMILES string of the molecule is CCN(CC(=O)O)C1CC(NC(=O)Cn2c(C(F)(F)F)nc3ccccc32)C1. The number of hydrogen-bond acceptors (Lipinski definition) is 4. The minimum Gasteiger partial charge on any atom is -0.480 e. The summed E-state index contributed by atoms with van der Waals surface area (Å²) in [5.74, 6) is -2.55. The van der Waals surface area contributed by atoms with E-state index in [0.29, 0.717) is 19.4 Å². The van der Waals surface area contributed by atoms with Gasteiger partial charge in [0.1, 0.15) is 6.54 Å². The van der Waals surface area contributed by atoms with Gasteiger partial charge in [-0.2, -0.15) is 13.2 Å². The van der Waals surface area contributed by atoms with Gasteiger partial charge in [-0.25, -0.2) is 4.98 Å². The Morgan fingerprint density at radius 3 is 2.61 bits per heavy atom. The standard InChI is InChI=1S/C18H21F3N4O3/c1-2-24(10-16(27)28)12-7-11(8-12)22-15(26)9-25-14-6-4-3-5-13(14)23-17(25)18(19,20)21/h3-6,11-12H,2,7-10H2,1H3,(H,22,26)(H,27,28). The Labute approximate surface area is 159 Å². The van der Waals surface area contributed by atoms with E-state index >= 15 is 0 Å². The van der Waals surface area contributed by atoms with Crippen LogP contribution in [0.2, 0.25) is 0 Å². The number of nitrogens with one attached hydrogen (secondary N) is 1. The Morgan fingerprint density at radius 1 is 1.32 bits per heavy atom. The summed E-state index contributed by atoms with van der Waals surface area (Å²) in [6, 6.07) is 6.02. The van der Waals surface area contributed by atoms with Crippen molar-refractivity contribution in [3.8, 4) is 0 Å². The lowest BCUT2D eigenvalue weighted by atomic mass is 9.85. The normalized spacial score (nSPS) is 19.6. The number of fused-ring (bicyclic) bond motifs is 1. The van der Waals surface area contributed by atoms with Crippen LogP contribution in [0.25, 0.3) is 11.0 Å². The Bertz CT molecular complexity index is 875. The highest BCUT2D eigenvalue weighted by Gasteiger charge is 2.39. The minimum atomic E-state index is -4.67. The molecule has 0 spiro atoms. The number of nitrogens with zero attached hydrogens (tertiary/aromatic N) is 3. The lowest BCUT2D eigenvalue weighted by Gasteiger charge is -2.42. The van der Waals surface area contributed by atoms with E-state index in [-0.39, 0.29) is 29.7 Å². The first-order valence-electron chi connectivity index (χ1n) is 8.96. The molecule has 1 aromatic heterocycles. The lowest BCUT2D eigenvalue weighted by Crippen LogP contribution is -2.55. The van der Waals surface area contributed by atoms with Crippen LogP contribution >= 0.6 is 0 Å². The molecule has 1 aliphatic rings. The van der Waals surface area contributed by atoms with Crippen molar-refractivity contribution in [2.24, 2.45) is 0 Å². The summed E-state index contributed by atoms with van der Waals surface area (Å²) >= 11 is 0. The number of amides is 1. The summed E-state index contributed by atoms with van der Waals surface area (Å²) in [5, 5.41) is 11.6. The second kappa shape index (κ2) is 7.78. The van der Waals surface area contributed by atoms with Gasteiger partial charge in [0.15, 0.2) is 0 Å². The van der Waals surface area contributed by atoms with E-state index < -0.39 is 30.4 Å². The van der Waals surface area contributed by atoms with Crippen LogP contribution in [0.15, 0.2) is 24.3 Å². The first kappa shape index (κ1) is 20.1. The van der Waals surface area contributed by atoms with Gasteiger partial charge in [0, 0.05) is 12.1 Å². The van der Waals surface area contributed by atoms with Crippen LogP contribution in [0.1, 0.15) is 25.6 Å². The fourth-order valence-electron chi connectivity index (χ4n) is 3.55. The Balaban J connectivity index is 1.64. The molecule has 2 N–H and O–H groups in total. The van der Waals surface area contributed by atoms with Gasteiger partial charge in [0.05, 0.1) is 17.6 Å². The number of benzene rings is 1. The number of aliphatic carboxylic acids is 1. The molecule has 1 amide bonds. The van der Waals surface area contributed by atoms with Gasteiger partial charge in [-0.3, -0.25) is 14.5 Å². The molecule has 1 heterocycles. The van der Waals surface area contributed by atoms with Crippen molar-refractivity contribution >= 4 is 22.9 Å². The average molecular weight is 398 g/mol. The first-order chi connectivity index (χ1) is 13.2. The average Bonchev–Trinajstić information content (AvgIpc) is 2.95. The molecule has 10 heteroatoms. The van der Waals surface area contributed by atoms with Crippen LogP contribution in [-0.4, -0.2) is 56.6 Å². The molecule has 152 valence electrons. The number of carboxylic acids is 1. The van der Waals surface area contributed by atoms with Gasteiger partial charge in [-0.05, 0) is 31.5 Å². The third-order valence-electron chi connectivity index (χ3n) is 4.95. The highest BCUT2D eigenvalue weighted by molar-refractivity contribution is 5.81. The molecule has 0 atom stereocenters. The van der Waals surface area contributed by atoms with E-state index in [4.69, 9.17) is 5.11 Å². The van der Waals surface area contributed by atoms with Crippen molar-refractivity contribution in [3.63, 3.8) is 0 Å². The van der Waals surface area contributed by atoms with Crippen LogP contribution < -0.4 is 5.32 Å². The molecule has 1 saturated carbocycles. The quantitative estimate of drug-likeness (QED) is 0.746. The zero-order valence-electron chi connectivity index (χ0n) is 15.2. The second-order valence-electron chi connectivity index (χ2n) is 6.85. The van der Waals surface area contributed by atoms with Crippen molar-refractivity contribution in [1.82, 2.24) is 19.8 Å². The maximum atomic E-state index is 13.3. The molecule has 1 aliphatic carbocycles. The van der Waals surface area contributed by atoms with Crippen LogP contribution in [0, 0.1) is 0 Å². The number of halogens is 3. The number of carbonyl (C=O) groups excluding carboxylic acids is 1. The summed E-state index contributed by atoms with van der Waals surface area (Å²) in [6.45, 7) is 1.88. The lowest BCUT2D eigenvalue weighted by molar-refractivity contribution is -0.147. The topological polar surface area (TPSA) is 87.5 Å². The van der Waals surface area contributed by atoms with E-state index in [0.717, 1.165) is 4.57 Å². The number of carboxylic acid groups (broad SMARTS) is 1. The Kier molecular flexibility index (Phi) is 5.59. The first-order valence-corrected chi connectivity index (χ1v) is 8.96. The predicted octanol–water partition coefficient (Wildman–Crippen LogP) is 2.11. The van der Waals surface area contributed by atoms with Crippen molar-refractivity contribution in [2.45, 2.75) is 44.6 Å². The summed E-state index contributed by atoms with van der Waals surface area (Å²) < 4.78 is 40.8. The fraction of sp³-hybridized carbons (Fsp3) is 0.500. The van der Waals surface area contributed by atoms with Gasteiger partial charge in [0.25, 0.3) is 0 Å². The molecule has 0 saturated heterocycles. The van der Waals surface area contributed by atoms with E-state index in [1.165, 1.54) is 12.1 Å². The molecule has 7 nitrogen and oxygen atoms in total. The number of alkyl halides is 3. The van der Waals surface area contributed by atoms with Crippen molar-refractivity contribution in [2.75, 3.05) is 13.1 Å². The maximum absolute atomic E-state index is 13.3. The van der Waals surface area contributed by atoms with Crippen molar-refractivity contribution in [3.05, 3.63) is 30.1 Å². The van der Waals surface area contributed by atoms with Crippen LogP contribution in [0.5, 0.6) is 0 Å². The molecular formula is C18H21F3N4O3.